The predicted octanol–water partition coefficient (Wildman–Crippen LogP) is 5.85. The van der Waals surface area contributed by atoms with Crippen LogP contribution in [0.2, 0.25) is 5.02 Å². The Kier molecular flexibility index (Phi) is 8.23. The standard InChI is InChI=1S/C26H28ClNO5S/c1-18-8-12-22(13-9-18)34(30,31)28(21-11-14-24(32-4)23(27)17-21)26(29)6-5-15-33-25-16-19(2)7-10-20(25)3/h7-14,16-17H,5-6,15H2,1-4H3. The minimum absolute atomic E-state index is 0.0185. The van der Waals surface area contributed by atoms with Crippen molar-refractivity contribution in [2.45, 2.75) is 38.5 Å². The summed E-state index contributed by atoms with van der Waals surface area (Å²) in [6, 6.07) is 16.7. The summed E-state index contributed by atoms with van der Waals surface area (Å²) in [5, 5.41) is 0.204. The van der Waals surface area contributed by atoms with Gasteiger partial charge in [-0.15, -0.1) is 0 Å². The van der Waals surface area contributed by atoms with E-state index in [1.807, 2.05) is 39.0 Å². The van der Waals surface area contributed by atoms with E-state index < -0.39 is 15.9 Å². The lowest BCUT2D eigenvalue weighted by Gasteiger charge is -2.23. The molecule has 6 nitrogen and oxygen atoms in total. The van der Waals surface area contributed by atoms with Gasteiger partial charge < -0.3 is 9.47 Å². The first-order valence-electron chi connectivity index (χ1n) is 10.8. The topological polar surface area (TPSA) is 72.9 Å². The number of hydrogen-bond acceptors (Lipinski definition) is 5. The minimum Gasteiger partial charge on any atom is -0.495 e. The fourth-order valence-electron chi connectivity index (χ4n) is 3.38. The summed E-state index contributed by atoms with van der Waals surface area (Å²) in [6.07, 6.45) is 0.315. The molecular weight excluding hydrogens is 474 g/mol. The molecule has 0 aromatic heterocycles. The van der Waals surface area contributed by atoms with Crippen LogP contribution in [0.25, 0.3) is 0 Å². The summed E-state index contributed by atoms with van der Waals surface area (Å²) < 4.78 is 38.8. The number of hydrogen-bond donors (Lipinski definition) is 0. The third kappa shape index (κ3) is 5.90. The number of carbonyl (C=O) groups is 1. The zero-order valence-corrected chi connectivity index (χ0v) is 21.2. The Morgan fingerprint density at radius 1 is 0.912 bits per heavy atom. The SMILES string of the molecule is COc1ccc(N(C(=O)CCCOc2cc(C)ccc2C)S(=O)(=O)c2ccc(C)cc2)cc1Cl. The van der Waals surface area contributed by atoms with Gasteiger partial charge in [-0.1, -0.05) is 41.4 Å². The maximum absolute atomic E-state index is 13.5. The molecule has 0 spiro atoms. The third-order valence-corrected chi connectivity index (χ3v) is 7.35. The highest BCUT2D eigenvalue weighted by atomic mass is 35.5. The molecule has 0 atom stereocenters. The van der Waals surface area contributed by atoms with Crippen LogP contribution in [0.15, 0.2) is 65.6 Å². The van der Waals surface area contributed by atoms with Crippen LogP contribution in [0.4, 0.5) is 5.69 Å². The normalized spacial score (nSPS) is 11.2. The van der Waals surface area contributed by atoms with Crippen molar-refractivity contribution in [2.75, 3.05) is 18.0 Å². The van der Waals surface area contributed by atoms with Crippen molar-refractivity contribution in [3.05, 3.63) is 82.4 Å². The van der Waals surface area contributed by atoms with Gasteiger partial charge in [0.05, 0.1) is 29.3 Å². The maximum Gasteiger partial charge on any atom is 0.270 e. The molecule has 3 aromatic rings. The lowest BCUT2D eigenvalue weighted by atomic mass is 10.1. The van der Waals surface area contributed by atoms with Gasteiger partial charge in [0.25, 0.3) is 10.0 Å². The van der Waals surface area contributed by atoms with Crippen LogP contribution in [-0.4, -0.2) is 28.0 Å². The fourth-order valence-corrected chi connectivity index (χ4v) is 5.08. The number of methoxy groups -OCH3 is 1. The molecule has 0 N–H and O–H groups in total. The Hall–Kier alpha value is -3.03. The number of rotatable bonds is 9. The van der Waals surface area contributed by atoms with Gasteiger partial charge in [-0.3, -0.25) is 4.79 Å². The monoisotopic (exact) mass is 501 g/mol. The van der Waals surface area contributed by atoms with Gasteiger partial charge in [0.2, 0.25) is 5.91 Å². The number of benzene rings is 3. The van der Waals surface area contributed by atoms with Crippen LogP contribution in [0, 0.1) is 20.8 Å². The summed E-state index contributed by atoms with van der Waals surface area (Å²) in [6.45, 7) is 6.06. The number of aryl methyl sites for hydroxylation is 3. The van der Waals surface area contributed by atoms with Gasteiger partial charge in [-0.05, 0) is 74.7 Å². The van der Waals surface area contributed by atoms with Crippen LogP contribution in [-0.2, 0) is 14.8 Å². The van der Waals surface area contributed by atoms with Crippen molar-refractivity contribution in [3.63, 3.8) is 0 Å². The first-order valence-corrected chi connectivity index (χ1v) is 12.6. The van der Waals surface area contributed by atoms with Crippen LogP contribution in [0.1, 0.15) is 29.5 Å². The maximum atomic E-state index is 13.5. The Morgan fingerprint density at radius 2 is 1.59 bits per heavy atom. The molecule has 3 aromatic carbocycles. The summed E-state index contributed by atoms with van der Waals surface area (Å²) in [4.78, 5) is 13.3. The lowest BCUT2D eigenvalue weighted by Crippen LogP contribution is -2.37. The number of nitrogens with zero attached hydrogens (tertiary/aromatic N) is 1. The van der Waals surface area contributed by atoms with E-state index in [-0.39, 0.29) is 28.6 Å². The second-order valence-corrected chi connectivity index (χ2v) is 10.2. The molecule has 8 heteroatoms. The number of halogens is 1. The van der Waals surface area contributed by atoms with Gasteiger partial charge in [-0.2, -0.15) is 0 Å². The van der Waals surface area contributed by atoms with Crippen LogP contribution < -0.4 is 13.8 Å². The number of ether oxygens (including phenoxy) is 2. The predicted molar refractivity (Wildman–Crippen MR) is 134 cm³/mol. The summed E-state index contributed by atoms with van der Waals surface area (Å²) in [5.41, 5.74) is 3.12. The molecule has 1 amide bonds. The van der Waals surface area contributed by atoms with Crippen molar-refractivity contribution < 1.29 is 22.7 Å². The summed E-state index contributed by atoms with van der Waals surface area (Å²) in [5.74, 6) is 0.553. The zero-order chi connectivity index (χ0) is 24.9. The molecule has 180 valence electrons. The molecule has 0 bridgehead atoms. The molecule has 0 saturated carbocycles. The van der Waals surface area contributed by atoms with E-state index >= 15 is 0 Å². The highest BCUT2D eigenvalue weighted by Crippen LogP contribution is 2.32. The molecule has 3 rings (SSSR count). The molecule has 0 saturated heterocycles. The van der Waals surface area contributed by atoms with Crippen LogP contribution >= 0.6 is 11.6 Å². The fraction of sp³-hybridized carbons (Fsp3) is 0.269. The number of sulfonamides is 1. The smallest absolute Gasteiger partial charge is 0.270 e. The van der Waals surface area contributed by atoms with Gasteiger partial charge >= 0.3 is 0 Å². The van der Waals surface area contributed by atoms with E-state index in [0.717, 1.165) is 26.7 Å². The number of anilines is 1. The summed E-state index contributed by atoms with van der Waals surface area (Å²) in [7, 11) is -2.70. The van der Waals surface area contributed by atoms with E-state index in [9.17, 15) is 13.2 Å². The van der Waals surface area contributed by atoms with E-state index in [0.29, 0.717) is 12.2 Å². The highest BCUT2D eigenvalue weighted by molar-refractivity contribution is 7.93. The molecule has 0 fully saturated rings. The Labute approximate surface area is 206 Å². The van der Waals surface area contributed by atoms with Crippen molar-refractivity contribution in [1.29, 1.82) is 0 Å². The molecule has 0 aliphatic carbocycles. The first-order chi connectivity index (χ1) is 16.1. The Morgan fingerprint density at radius 3 is 2.24 bits per heavy atom. The van der Waals surface area contributed by atoms with Gasteiger partial charge in [-0.25, -0.2) is 12.7 Å². The second-order valence-electron chi connectivity index (χ2n) is 8.02. The minimum atomic E-state index is -4.16. The average Bonchev–Trinajstić information content (AvgIpc) is 2.79. The quantitative estimate of drug-likeness (QED) is 0.343. The average molecular weight is 502 g/mol. The van der Waals surface area contributed by atoms with E-state index in [2.05, 4.69) is 0 Å². The van der Waals surface area contributed by atoms with Crippen molar-refractivity contribution in [1.82, 2.24) is 0 Å². The Bertz CT molecular complexity index is 1270. The molecule has 0 aliphatic heterocycles. The van der Waals surface area contributed by atoms with Gasteiger partial charge in [0.1, 0.15) is 11.5 Å². The van der Waals surface area contributed by atoms with Crippen molar-refractivity contribution >= 4 is 33.2 Å². The highest BCUT2D eigenvalue weighted by Gasteiger charge is 2.31. The van der Waals surface area contributed by atoms with E-state index in [1.165, 1.54) is 37.4 Å². The van der Waals surface area contributed by atoms with E-state index in [1.54, 1.807) is 12.1 Å². The first kappa shape index (κ1) is 25.6. The van der Waals surface area contributed by atoms with Crippen LogP contribution in [0.3, 0.4) is 0 Å². The largest absolute Gasteiger partial charge is 0.495 e. The van der Waals surface area contributed by atoms with Crippen molar-refractivity contribution in [2.24, 2.45) is 0 Å². The Balaban J connectivity index is 1.84. The summed E-state index contributed by atoms with van der Waals surface area (Å²) >= 11 is 6.24. The lowest BCUT2D eigenvalue weighted by molar-refractivity contribution is -0.117. The number of amides is 1. The molecule has 0 unspecified atom stereocenters. The van der Waals surface area contributed by atoms with Gasteiger partial charge in [0.15, 0.2) is 0 Å². The molecule has 0 heterocycles. The molecule has 0 radical (unpaired) electrons. The molecular formula is C26H28ClNO5S. The zero-order valence-electron chi connectivity index (χ0n) is 19.7. The van der Waals surface area contributed by atoms with Crippen molar-refractivity contribution in [3.8, 4) is 11.5 Å². The molecule has 0 aliphatic rings. The second kappa shape index (κ2) is 10.9. The molecule has 34 heavy (non-hydrogen) atoms. The van der Waals surface area contributed by atoms with Crippen LogP contribution in [0.5, 0.6) is 11.5 Å². The van der Waals surface area contributed by atoms with Gasteiger partial charge in [0, 0.05) is 6.42 Å². The van der Waals surface area contributed by atoms with E-state index in [4.69, 9.17) is 21.1 Å². The number of carbonyl (C=O) groups excluding carboxylic acids is 1. The third-order valence-electron chi connectivity index (χ3n) is 5.29.